The van der Waals surface area contributed by atoms with E-state index in [9.17, 15) is 5.11 Å². The van der Waals surface area contributed by atoms with E-state index in [0.717, 1.165) is 21.4 Å². The molecule has 0 aromatic carbocycles. The standard InChI is InChI=1S/C13H16N2O2.C5H7Br/c1-10(9-17-2)7-12-11(8-16)14-13-5-3-4-6-15(12)13;1-3-4-5(2)6/h3-6,16H,1,7-9H2,2H3;3-4H,1H2,2H3/b;5-4+. The predicted molar refractivity (Wildman–Crippen MR) is 98.7 cm³/mol. The number of pyridine rings is 1. The zero-order chi connectivity index (χ0) is 17.2. The van der Waals surface area contributed by atoms with Crippen LogP contribution < -0.4 is 0 Å². The van der Waals surface area contributed by atoms with Crippen LogP contribution in [0.2, 0.25) is 0 Å². The monoisotopic (exact) mass is 378 g/mol. The molecular formula is C18H23BrN2O2. The zero-order valence-corrected chi connectivity index (χ0v) is 15.2. The van der Waals surface area contributed by atoms with Crippen molar-refractivity contribution in [1.29, 1.82) is 0 Å². The van der Waals surface area contributed by atoms with Crippen molar-refractivity contribution in [3.05, 3.63) is 71.1 Å². The Morgan fingerprint density at radius 3 is 2.74 bits per heavy atom. The summed E-state index contributed by atoms with van der Waals surface area (Å²) in [5.74, 6) is 0. The molecule has 0 saturated carbocycles. The average molecular weight is 379 g/mol. The first-order valence-electron chi connectivity index (χ1n) is 7.19. The van der Waals surface area contributed by atoms with Crippen LogP contribution >= 0.6 is 15.9 Å². The summed E-state index contributed by atoms with van der Waals surface area (Å²) in [6, 6.07) is 5.79. The molecule has 0 saturated heterocycles. The highest BCUT2D eigenvalue weighted by Gasteiger charge is 2.11. The van der Waals surface area contributed by atoms with Crippen LogP contribution in [0.4, 0.5) is 0 Å². The Kier molecular flexibility index (Phi) is 8.55. The Morgan fingerprint density at radius 1 is 1.48 bits per heavy atom. The van der Waals surface area contributed by atoms with Crippen LogP contribution in [0.15, 0.2) is 59.8 Å². The fraction of sp³-hybridized carbons (Fsp3) is 0.278. The first-order valence-corrected chi connectivity index (χ1v) is 7.98. The minimum atomic E-state index is -0.0583. The number of aliphatic hydroxyl groups excluding tert-OH is 1. The molecule has 4 nitrogen and oxygen atoms in total. The fourth-order valence-electron chi connectivity index (χ4n) is 2.06. The van der Waals surface area contributed by atoms with Gasteiger partial charge in [0.05, 0.1) is 24.6 Å². The molecule has 5 heteroatoms. The zero-order valence-electron chi connectivity index (χ0n) is 13.6. The lowest BCUT2D eigenvalue weighted by Gasteiger charge is -2.06. The molecule has 0 fully saturated rings. The van der Waals surface area contributed by atoms with E-state index in [1.807, 2.05) is 41.8 Å². The Balaban J connectivity index is 0.000000379. The van der Waals surface area contributed by atoms with E-state index < -0.39 is 0 Å². The molecule has 0 aliphatic carbocycles. The summed E-state index contributed by atoms with van der Waals surface area (Å²) in [5.41, 5.74) is 3.49. The minimum absolute atomic E-state index is 0.0583. The maximum atomic E-state index is 9.33. The van der Waals surface area contributed by atoms with Gasteiger partial charge in [-0.05, 0) is 29.1 Å². The van der Waals surface area contributed by atoms with E-state index in [-0.39, 0.29) is 6.61 Å². The molecular weight excluding hydrogens is 356 g/mol. The number of allylic oxidation sites excluding steroid dienone is 3. The number of hydrogen-bond acceptors (Lipinski definition) is 3. The summed E-state index contributed by atoms with van der Waals surface area (Å²) in [4.78, 5) is 4.38. The molecule has 0 bridgehead atoms. The number of imidazole rings is 1. The summed E-state index contributed by atoms with van der Waals surface area (Å²) >= 11 is 3.22. The van der Waals surface area contributed by atoms with Crippen molar-refractivity contribution >= 4 is 21.6 Å². The van der Waals surface area contributed by atoms with Gasteiger partial charge in [0.25, 0.3) is 0 Å². The summed E-state index contributed by atoms with van der Waals surface area (Å²) in [7, 11) is 1.65. The van der Waals surface area contributed by atoms with Crippen molar-refractivity contribution in [3.8, 4) is 0 Å². The largest absolute Gasteiger partial charge is 0.390 e. The number of fused-ring (bicyclic) bond motifs is 1. The number of nitrogens with zero attached hydrogens (tertiary/aromatic N) is 2. The number of hydrogen-bond donors (Lipinski definition) is 1. The van der Waals surface area contributed by atoms with Crippen molar-refractivity contribution < 1.29 is 9.84 Å². The number of aromatic nitrogens is 2. The normalized spacial score (nSPS) is 11.0. The van der Waals surface area contributed by atoms with Gasteiger partial charge in [-0.2, -0.15) is 0 Å². The quantitative estimate of drug-likeness (QED) is 0.609. The molecule has 124 valence electrons. The van der Waals surface area contributed by atoms with Crippen LogP contribution in [0.5, 0.6) is 0 Å². The second-order valence-electron chi connectivity index (χ2n) is 4.94. The maximum absolute atomic E-state index is 9.33. The SMILES string of the molecule is C=C(COC)Cc1c(CO)nc2ccccn12.C=C/C=C(\C)Br. The molecule has 0 radical (unpaired) electrons. The highest BCUT2D eigenvalue weighted by Crippen LogP contribution is 2.16. The molecule has 0 unspecified atom stereocenters. The minimum Gasteiger partial charge on any atom is -0.390 e. The summed E-state index contributed by atoms with van der Waals surface area (Å²) in [5, 5.41) is 9.33. The maximum Gasteiger partial charge on any atom is 0.137 e. The topological polar surface area (TPSA) is 46.8 Å². The first-order chi connectivity index (χ1) is 11.0. The van der Waals surface area contributed by atoms with Crippen LogP contribution in [0.3, 0.4) is 0 Å². The van der Waals surface area contributed by atoms with Crippen molar-refractivity contribution in [3.63, 3.8) is 0 Å². The van der Waals surface area contributed by atoms with Crippen LogP contribution in [0, 0.1) is 0 Å². The summed E-state index contributed by atoms with van der Waals surface area (Å²) in [6.07, 6.45) is 6.23. The van der Waals surface area contributed by atoms with E-state index in [1.165, 1.54) is 0 Å². The van der Waals surface area contributed by atoms with E-state index in [0.29, 0.717) is 18.7 Å². The van der Waals surface area contributed by atoms with Gasteiger partial charge >= 0.3 is 0 Å². The van der Waals surface area contributed by atoms with Crippen molar-refractivity contribution in [1.82, 2.24) is 9.38 Å². The number of ether oxygens (including phenoxy) is 1. The van der Waals surface area contributed by atoms with Gasteiger partial charge in [-0.3, -0.25) is 0 Å². The number of methoxy groups -OCH3 is 1. The molecule has 2 aromatic heterocycles. The third-order valence-corrected chi connectivity index (χ3v) is 3.24. The summed E-state index contributed by atoms with van der Waals surface area (Å²) in [6.45, 7) is 9.87. The van der Waals surface area contributed by atoms with Gasteiger partial charge in [-0.15, -0.1) is 0 Å². The third kappa shape index (κ3) is 6.14. The molecule has 0 aliphatic heterocycles. The van der Waals surface area contributed by atoms with Crippen LogP contribution in [-0.2, 0) is 17.8 Å². The van der Waals surface area contributed by atoms with E-state index >= 15 is 0 Å². The average Bonchev–Trinajstić information content (AvgIpc) is 2.86. The highest BCUT2D eigenvalue weighted by atomic mass is 79.9. The number of rotatable bonds is 6. The van der Waals surface area contributed by atoms with E-state index in [1.54, 1.807) is 13.2 Å². The van der Waals surface area contributed by atoms with Gasteiger partial charge < -0.3 is 14.2 Å². The Bertz CT molecular complexity index is 685. The molecule has 0 spiro atoms. The van der Waals surface area contributed by atoms with Crippen LogP contribution in [0.25, 0.3) is 5.65 Å². The Labute approximate surface area is 145 Å². The lowest BCUT2D eigenvalue weighted by molar-refractivity contribution is 0.224. The molecule has 0 amide bonds. The lowest BCUT2D eigenvalue weighted by atomic mass is 10.1. The van der Waals surface area contributed by atoms with Gasteiger partial charge in [0.2, 0.25) is 0 Å². The lowest BCUT2D eigenvalue weighted by Crippen LogP contribution is -2.02. The third-order valence-electron chi connectivity index (χ3n) is 2.97. The second kappa shape index (κ2) is 10.2. The van der Waals surface area contributed by atoms with Crippen molar-refractivity contribution in [2.45, 2.75) is 20.0 Å². The number of halogens is 1. The van der Waals surface area contributed by atoms with E-state index in [2.05, 4.69) is 34.1 Å². The van der Waals surface area contributed by atoms with Gasteiger partial charge in [0.1, 0.15) is 5.65 Å². The molecule has 2 aromatic rings. The highest BCUT2D eigenvalue weighted by molar-refractivity contribution is 9.11. The van der Waals surface area contributed by atoms with E-state index in [4.69, 9.17) is 4.74 Å². The van der Waals surface area contributed by atoms with Gasteiger partial charge in [-0.1, -0.05) is 47.3 Å². The van der Waals surface area contributed by atoms with Gasteiger partial charge in [0, 0.05) is 19.7 Å². The Hall–Kier alpha value is -1.69. The Morgan fingerprint density at radius 2 is 2.22 bits per heavy atom. The van der Waals surface area contributed by atoms with Crippen molar-refractivity contribution in [2.75, 3.05) is 13.7 Å². The van der Waals surface area contributed by atoms with Crippen LogP contribution in [0.1, 0.15) is 18.3 Å². The molecule has 0 aliphatic rings. The molecule has 23 heavy (non-hydrogen) atoms. The smallest absolute Gasteiger partial charge is 0.137 e. The van der Waals surface area contributed by atoms with Crippen molar-refractivity contribution in [2.24, 2.45) is 0 Å². The van der Waals surface area contributed by atoms with Gasteiger partial charge in [0.15, 0.2) is 0 Å². The molecule has 2 rings (SSSR count). The van der Waals surface area contributed by atoms with Gasteiger partial charge in [-0.25, -0.2) is 4.98 Å². The summed E-state index contributed by atoms with van der Waals surface area (Å²) < 4.78 is 8.13. The first kappa shape index (κ1) is 19.4. The predicted octanol–water partition coefficient (Wildman–Crippen LogP) is 4.04. The number of aliphatic hydroxyl groups is 1. The second-order valence-corrected chi connectivity index (χ2v) is 6.19. The molecule has 0 atom stereocenters. The van der Waals surface area contributed by atoms with Crippen LogP contribution in [-0.4, -0.2) is 28.2 Å². The fourth-order valence-corrected chi connectivity index (χ4v) is 2.25. The molecule has 2 heterocycles. The molecule has 1 N–H and O–H groups in total.